The Morgan fingerprint density at radius 3 is 2.43 bits per heavy atom. The van der Waals surface area contributed by atoms with Crippen molar-refractivity contribution < 1.29 is 9.53 Å². The Morgan fingerprint density at radius 1 is 1.00 bits per heavy atom. The Kier molecular flexibility index (Phi) is 8.80. The van der Waals surface area contributed by atoms with Crippen molar-refractivity contribution in [2.45, 2.75) is 13.5 Å². The highest BCUT2D eigenvalue weighted by Crippen LogP contribution is 2.14. The van der Waals surface area contributed by atoms with Crippen molar-refractivity contribution in [2.24, 2.45) is 0 Å². The molecule has 23 heavy (non-hydrogen) atoms. The van der Waals surface area contributed by atoms with Crippen LogP contribution in [0.1, 0.15) is 22.8 Å². The maximum absolute atomic E-state index is 12.2. The van der Waals surface area contributed by atoms with Gasteiger partial charge in [-0.1, -0.05) is 43.3 Å². The Bertz CT molecular complexity index is 591. The molecule has 0 bridgehead atoms. The second-order valence-electron chi connectivity index (χ2n) is 4.87. The van der Waals surface area contributed by atoms with Crippen LogP contribution >= 0.6 is 12.4 Å². The Hall–Kier alpha value is -2.04. The van der Waals surface area contributed by atoms with Gasteiger partial charge in [0, 0.05) is 24.2 Å². The zero-order chi connectivity index (χ0) is 15.6. The molecular formula is C18H23ClN2O2. The summed E-state index contributed by atoms with van der Waals surface area (Å²) in [4.78, 5) is 12.2. The van der Waals surface area contributed by atoms with Crippen molar-refractivity contribution in [3.63, 3.8) is 0 Å². The quantitative estimate of drug-likeness (QED) is 0.730. The predicted molar refractivity (Wildman–Crippen MR) is 95.3 cm³/mol. The summed E-state index contributed by atoms with van der Waals surface area (Å²) in [5.41, 5.74) is 1.54. The maximum atomic E-state index is 12.2. The molecule has 0 aliphatic heterocycles. The van der Waals surface area contributed by atoms with E-state index in [2.05, 4.69) is 10.6 Å². The zero-order valence-electron chi connectivity index (χ0n) is 13.2. The fourth-order valence-corrected chi connectivity index (χ4v) is 2.08. The number of amides is 1. The van der Waals surface area contributed by atoms with Gasteiger partial charge >= 0.3 is 0 Å². The lowest BCUT2D eigenvalue weighted by Crippen LogP contribution is -2.32. The number of likely N-dealkylation sites (N-methyl/N-ethyl adjacent to an activating group) is 1. The van der Waals surface area contributed by atoms with Crippen LogP contribution in [0.25, 0.3) is 0 Å². The summed E-state index contributed by atoms with van der Waals surface area (Å²) in [6.45, 7) is 4.70. The van der Waals surface area contributed by atoms with Crippen molar-refractivity contribution in [3.8, 4) is 5.75 Å². The van der Waals surface area contributed by atoms with Gasteiger partial charge in [-0.05, 0) is 24.7 Å². The summed E-state index contributed by atoms with van der Waals surface area (Å²) >= 11 is 0. The molecule has 1 amide bonds. The van der Waals surface area contributed by atoms with E-state index in [0.29, 0.717) is 18.7 Å². The van der Waals surface area contributed by atoms with Crippen molar-refractivity contribution >= 4 is 18.3 Å². The van der Waals surface area contributed by atoms with Crippen LogP contribution in [0.3, 0.4) is 0 Å². The van der Waals surface area contributed by atoms with Crippen molar-refractivity contribution in [3.05, 3.63) is 65.7 Å². The second kappa shape index (κ2) is 10.6. The van der Waals surface area contributed by atoms with E-state index in [4.69, 9.17) is 4.74 Å². The number of benzene rings is 2. The molecule has 0 saturated heterocycles. The van der Waals surface area contributed by atoms with E-state index in [1.807, 2.05) is 61.5 Å². The number of carbonyl (C=O) groups is 1. The fourth-order valence-electron chi connectivity index (χ4n) is 2.08. The molecule has 2 N–H and O–H groups in total. The Morgan fingerprint density at radius 2 is 1.70 bits per heavy atom. The van der Waals surface area contributed by atoms with E-state index in [-0.39, 0.29) is 18.3 Å². The van der Waals surface area contributed by atoms with E-state index in [0.717, 1.165) is 24.4 Å². The normalized spacial score (nSPS) is 9.78. The van der Waals surface area contributed by atoms with Crippen LogP contribution in [-0.4, -0.2) is 25.5 Å². The fraction of sp³-hybridized carbons (Fsp3) is 0.278. The summed E-state index contributed by atoms with van der Waals surface area (Å²) in [7, 11) is 0. The number of hydrogen-bond acceptors (Lipinski definition) is 3. The van der Waals surface area contributed by atoms with Gasteiger partial charge in [-0.25, -0.2) is 0 Å². The minimum Gasteiger partial charge on any atom is -0.489 e. The molecule has 0 fully saturated rings. The van der Waals surface area contributed by atoms with Gasteiger partial charge in [0.1, 0.15) is 12.4 Å². The van der Waals surface area contributed by atoms with E-state index in [9.17, 15) is 4.79 Å². The third kappa shape index (κ3) is 6.30. The van der Waals surface area contributed by atoms with Crippen LogP contribution in [0.15, 0.2) is 54.6 Å². The third-order valence-electron chi connectivity index (χ3n) is 3.24. The molecule has 0 aliphatic rings. The maximum Gasteiger partial charge on any atom is 0.251 e. The average Bonchev–Trinajstić information content (AvgIpc) is 2.58. The minimum atomic E-state index is -0.0647. The lowest BCUT2D eigenvalue weighted by Gasteiger charge is -2.11. The largest absolute Gasteiger partial charge is 0.489 e. The first kappa shape index (κ1) is 19.0. The van der Waals surface area contributed by atoms with Crippen molar-refractivity contribution in [2.75, 3.05) is 19.6 Å². The van der Waals surface area contributed by atoms with Gasteiger partial charge in [0.25, 0.3) is 5.91 Å². The first-order valence-corrected chi connectivity index (χ1v) is 7.56. The highest BCUT2D eigenvalue weighted by atomic mass is 35.5. The predicted octanol–water partition coefficient (Wildman–Crippen LogP) is 3.03. The lowest BCUT2D eigenvalue weighted by atomic mass is 10.1. The molecule has 0 aliphatic carbocycles. The smallest absolute Gasteiger partial charge is 0.251 e. The number of rotatable bonds is 8. The highest BCUT2D eigenvalue weighted by molar-refractivity contribution is 5.95. The number of hydrogen-bond donors (Lipinski definition) is 2. The van der Waals surface area contributed by atoms with Gasteiger partial charge in [0.15, 0.2) is 0 Å². The summed E-state index contributed by atoms with van der Waals surface area (Å²) in [6, 6.07) is 17.1. The molecule has 0 atom stereocenters. The van der Waals surface area contributed by atoms with Crippen LogP contribution in [0.5, 0.6) is 5.75 Å². The molecule has 0 aromatic heterocycles. The van der Waals surface area contributed by atoms with Gasteiger partial charge in [-0.2, -0.15) is 0 Å². The van der Waals surface area contributed by atoms with E-state index in [1.54, 1.807) is 0 Å². The lowest BCUT2D eigenvalue weighted by molar-refractivity contribution is 0.0951. The first-order chi connectivity index (χ1) is 10.8. The number of para-hydroxylation sites is 1. The molecule has 0 radical (unpaired) electrons. The van der Waals surface area contributed by atoms with Gasteiger partial charge in [0.05, 0.1) is 0 Å². The van der Waals surface area contributed by atoms with Gasteiger partial charge in [-0.3, -0.25) is 4.79 Å². The molecule has 0 saturated carbocycles. The monoisotopic (exact) mass is 334 g/mol. The Balaban J connectivity index is 0.00000264. The van der Waals surface area contributed by atoms with Crippen LogP contribution in [0.2, 0.25) is 0 Å². The van der Waals surface area contributed by atoms with Crippen molar-refractivity contribution in [1.82, 2.24) is 10.6 Å². The summed E-state index contributed by atoms with van der Waals surface area (Å²) in [5.74, 6) is 0.732. The topological polar surface area (TPSA) is 50.4 Å². The molecule has 2 aromatic carbocycles. The Labute approximate surface area is 143 Å². The van der Waals surface area contributed by atoms with Crippen LogP contribution in [0.4, 0.5) is 0 Å². The number of halogens is 1. The van der Waals surface area contributed by atoms with Crippen LogP contribution in [0, 0.1) is 0 Å². The summed E-state index contributed by atoms with van der Waals surface area (Å²) < 4.78 is 5.73. The standard InChI is InChI=1S/C18H22N2O2.ClH/c1-2-19-12-13-20-18(21)17-11-7-6-8-15(17)14-22-16-9-4-3-5-10-16;/h3-11,19H,2,12-14H2,1H3,(H,20,21);1H. The van der Waals surface area contributed by atoms with Gasteiger partial charge in [-0.15, -0.1) is 12.4 Å². The molecule has 4 nitrogen and oxygen atoms in total. The van der Waals surface area contributed by atoms with Crippen LogP contribution in [-0.2, 0) is 6.61 Å². The molecule has 2 aromatic rings. The van der Waals surface area contributed by atoms with Gasteiger partial charge in [0.2, 0.25) is 0 Å². The zero-order valence-corrected chi connectivity index (χ0v) is 14.1. The average molecular weight is 335 g/mol. The first-order valence-electron chi connectivity index (χ1n) is 7.56. The highest BCUT2D eigenvalue weighted by Gasteiger charge is 2.10. The van der Waals surface area contributed by atoms with E-state index >= 15 is 0 Å². The van der Waals surface area contributed by atoms with E-state index in [1.165, 1.54) is 0 Å². The van der Waals surface area contributed by atoms with Gasteiger partial charge < -0.3 is 15.4 Å². The molecule has 124 valence electrons. The molecular weight excluding hydrogens is 312 g/mol. The molecule has 0 heterocycles. The summed E-state index contributed by atoms with van der Waals surface area (Å²) in [6.07, 6.45) is 0. The molecule has 0 spiro atoms. The molecule has 5 heteroatoms. The molecule has 0 unspecified atom stereocenters. The minimum absolute atomic E-state index is 0. The number of carbonyl (C=O) groups excluding carboxylic acids is 1. The third-order valence-corrected chi connectivity index (χ3v) is 3.24. The van der Waals surface area contributed by atoms with Crippen LogP contribution < -0.4 is 15.4 Å². The molecule has 2 rings (SSSR count). The summed E-state index contributed by atoms with van der Waals surface area (Å²) in [5, 5.41) is 6.09. The van der Waals surface area contributed by atoms with Crippen molar-refractivity contribution in [1.29, 1.82) is 0 Å². The second-order valence-corrected chi connectivity index (χ2v) is 4.87. The number of ether oxygens (including phenoxy) is 1. The SMILES string of the molecule is CCNCCNC(=O)c1ccccc1COc1ccccc1.Cl. The number of nitrogens with one attached hydrogen (secondary N) is 2. The van der Waals surface area contributed by atoms with E-state index < -0.39 is 0 Å².